The van der Waals surface area contributed by atoms with Crippen LogP contribution in [0.3, 0.4) is 0 Å². The normalized spacial score (nSPS) is 21.8. The Bertz CT molecular complexity index is 833. The number of hydrogen-bond acceptors (Lipinski definition) is 6. The van der Waals surface area contributed by atoms with Crippen molar-refractivity contribution < 1.29 is 24.1 Å². The molecule has 2 aromatic rings. The summed E-state index contributed by atoms with van der Waals surface area (Å²) in [6.45, 7) is 0.736. The highest BCUT2D eigenvalue weighted by molar-refractivity contribution is 5.95. The fraction of sp³-hybridized carbons (Fsp3) is 0.429. The van der Waals surface area contributed by atoms with E-state index in [2.05, 4.69) is 4.98 Å². The van der Waals surface area contributed by atoms with Crippen LogP contribution in [0.2, 0.25) is 0 Å². The van der Waals surface area contributed by atoms with E-state index in [9.17, 15) is 19.4 Å². The number of amides is 1. The van der Waals surface area contributed by atoms with Crippen molar-refractivity contribution in [1.29, 1.82) is 0 Å². The van der Waals surface area contributed by atoms with Gasteiger partial charge < -0.3 is 25.6 Å². The molecule has 1 aliphatic heterocycles. The Morgan fingerprint density at radius 1 is 1.34 bits per heavy atom. The lowest BCUT2D eigenvalue weighted by atomic mass is 9.73. The van der Waals surface area contributed by atoms with E-state index in [0.717, 1.165) is 5.56 Å². The van der Waals surface area contributed by atoms with E-state index in [1.54, 1.807) is 29.2 Å². The summed E-state index contributed by atoms with van der Waals surface area (Å²) < 4.78 is 18.8. The van der Waals surface area contributed by atoms with E-state index in [-0.39, 0.29) is 37.2 Å². The first-order valence-corrected chi connectivity index (χ1v) is 9.59. The van der Waals surface area contributed by atoms with Crippen molar-refractivity contribution in [2.24, 2.45) is 11.1 Å². The van der Waals surface area contributed by atoms with Crippen LogP contribution in [0.1, 0.15) is 22.5 Å². The quantitative estimate of drug-likeness (QED) is 0.636. The van der Waals surface area contributed by atoms with Crippen molar-refractivity contribution in [1.82, 2.24) is 9.88 Å². The number of benzene rings is 1. The molecule has 1 saturated heterocycles. The number of nitrogens with two attached hydrogens (primary N) is 1. The number of carbonyl (C=O) groups is 1. The molecular formula is C21H26FN3O4. The van der Waals surface area contributed by atoms with Gasteiger partial charge in [0.2, 0.25) is 0 Å². The Morgan fingerprint density at radius 3 is 2.79 bits per heavy atom. The Labute approximate surface area is 168 Å². The first kappa shape index (κ1) is 21.2. The van der Waals surface area contributed by atoms with Gasteiger partial charge >= 0.3 is 0 Å². The molecule has 156 valence electrons. The Balaban J connectivity index is 1.82. The highest BCUT2D eigenvalue weighted by atomic mass is 19.1. The average Bonchev–Trinajstić information content (AvgIpc) is 2.75. The molecule has 8 heteroatoms. The zero-order valence-corrected chi connectivity index (χ0v) is 16.1. The summed E-state index contributed by atoms with van der Waals surface area (Å²) in [5.74, 6) is -0.336. The third-order valence-electron chi connectivity index (χ3n) is 5.31. The molecule has 0 unspecified atom stereocenters. The number of piperidine rings is 1. The molecule has 0 saturated carbocycles. The molecule has 3 rings (SSSR count). The smallest absolute Gasteiger partial charge is 0.276 e. The fourth-order valence-corrected chi connectivity index (χ4v) is 3.70. The number of carbonyl (C=O) groups excluding carboxylic acids is 1. The minimum absolute atomic E-state index is 0.147. The number of pyridine rings is 1. The van der Waals surface area contributed by atoms with Crippen LogP contribution >= 0.6 is 0 Å². The molecule has 0 bridgehead atoms. The van der Waals surface area contributed by atoms with Crippen LogP contribution in [0, 0.1) is 11.2 Å². The second-order valence-electron chi connectivity index (χ2n) is 7.34. The molecular weight excluding hydrogens is 377 g/mol. The maximum atomic E-state index is 13.2. The van der Waals surface area contributed by atoms with E-state index < -0.39 is 11.5 Å². The number of likely N-dealkylation sites (tertiary alicyclic amines) is 1. The van der Waals surface area contributed by atoms with E-state index in [0.29, 0.717) is 31.7 Å². The van der Waals surface area contributed by atoms with Gasteiger partial charge in [0.05, 0.1) is 12.7 Å². The van der Waals surface area contributed by atoms with Gasteiger partial charge in [-0.05, 0) is 42.7 Å². The van der Waals surface area contributed by atoms with Crippen LogP contribution in [-0.2, 0) is 6.42 Å². The monoisotopic (exact) mass is 403 g/mol. The lowest BCUT2D eigenvalue weighted by Crippen LogP contribution is -2.56. The van der Waals surface area contributed by atoms with Crippen molar-refractivity contribution in [3.05, 3.63) is 59.7 Å². The van der Waals surface area contributed by atoms with Crippen LogP contribution in [0.4, 0.5) is 4.39 Å². The van der Waals surface area contributed by atoms with Gasteiger partial charge in [-0.15, -0.1) is 0 Å². The molecule has 0 spiro atoms. The molecule has 1 aliphatic rings. The summed E-state index contributed by atoms with van der Waals surface area (Å²) in [7, 11) is 0. The molecule has 29 heavy (non-hydrogen) atoms. The molecule has 1 fully saturated rings. The predicted octanol–water partition coefficient (Wildman–Crippen LogP) is 0.986. The van der Waals surface area contributed by atoms with Crippen LogP contribution in [0.5, 0.6) is 5.75 Å². The summed E-state index contributed by atoms with van der Waals surface area (Å²) in [4.78, 5) is 18.9. The lowest BCUT2D eigenvalue weighted by Gasteiger charge is -2.45. The molecule has 0 aliphatic carbocycles. The number of hydrogen-bond donors (Lipinski definition) is 3. The number of aromatic nitrogens is 1. The lowest BCUT2D eigenvalue weighted by molar-refractivity contribution is -0.0670. The minimum Gasteiger partial charge on any atom is -0.490 e. The molecule has 0 radical (unpaired) electrons. The van der Waals surface area contributed by atoms with Crippen molar-refractivity contribution in [3.8, 4) is 5.75 Å². The number of ether oxygens (including phenoxy) is 1. The molecule has 4 N–H and O–H groups in total. The van der Waals surface area contributed by atoms with Gasteiger partial charge in [0, 0.05) is 31.2 Å². The van der Waals surface area contributed by atoms with Gasteiger partial charge in [-0.3, -0.25) is 4.79 Å². The number of aliphatic hydroxyl groups is 2. The molecule has 2 heterocycles. The van der Waals surface area contributed by atoms with Crippen molar-refractivity contribution >= 4 is 5.91 Å². The Hall–Kier alpha value is -2.55. The summed E-state index contributed by atoms with van der Waals surface area (Å²) in [5.41, 5.74) is 5.48. The van der Waals surface area contributed by atoms with Crippen LogP contribution < -0.4 is 10.5 Å². The van der Waals surface area contributed by atoms with Gasteiger partial charge in [0.25, 0.3) is 5.91 Å². The first-order chi connectivity index (χ1) is 14.0. The third-order valence-corrected chi connectivity index (χ3v) is 5.31. The van der Waals surface area contributed by atoms with Gasteiger partial charge in [0.1, 0.15) is 12.4 Å². The molecule has 7 nitrogen and oxygen atoms in total. The van der Waals surface area contributed by atoms with Crippen molar-refractivity contribution in [2.75, 3.05) is 32.8 Å². The summed E-state index contributed by atoms with van der Waals surface area (Å²) in [5, 5.41) is 20.8. The minimum atomic E-state index is -0.946. The predicted molar refractivity (Wildman–Crippen MR) is 105 cm³/mol. The van der Waals surface area contributed by atoms with Gasteiger partial charge in [0.15, 0.2) is 11.4 Å². The van der Waals surface area contributed by atoms with E-state index >= 15 is 0 Å². The Kier molecular flexibility index (Phi) is 6.79. The van der Waals surface area contributed by atoms with E-state index in [1.807, 2.05) is 0 Å². The topological polar surface area (TPSA) is 109 Å². The Morgan fingerprint density at radius 2 is 2.10 bits per heavy atom. The van der Waals surface area contributed by atoms with Crippen LogP contribution in [0.15, 0.2) is 42.6 Å². The van der Waals surface area contributed by atoms with Crippen LogP contribution in [0.25, 0.3) is 0 Å². The van der Waals surface area contributed by atoms with Crippen molar-refractivity contribution in [2.45, 2.75) is 18.9 Å². The average molecular weight is 403 g/mol. The SMILES string of the molecule is NCCOc1cccnc1C(=O)N1CC[C@H](O)[C@@](CO)(Cc2ccc(F)cc2)C1. The van der Waals surface area contributed by atoms with Gasteiger partial charge in [-0.2, -0.15) is 0 Å². The maximum Gasteiger partial charge on any atom is 0.276 e. The largest absolute Gasteiger partial charge is 0.490 e. The summed E-state index contributed by atoms with van der Waals surface area (Å²) in [6.07, 6.45) is 1.35. The second-order valence-corrected chi connectivity index (χ2v) is 7.34. The molecule has 1 aromatic carbocycles. The standard InChI is InChI=1S/C21H26FN3O4/c22-16-5-3-15(4-6-16)12-21(14-26)13-25(10-7-18(21)27)20(28)19-17(29-11-8-23)2-1-9-24-19/h1-6,9,18,26-27H,7-8,10-14,23H2/t18-,21-/m0/s1. The second kappa shape index (κ2) is 9.30. The van der Waals surface area contributed by atoms with Crippen molar-refractivity contribution in [3.63, 3.8) is 0 Å². The number of rotatable bonds is 7. The maximum absolute atomic E-state index is 13.2. The highest BCUT2D eigenvalue weighted by Crippen LogP contribution is 2.35. The molecule has 1 amide bonds. The number of halogens is 1. The summed E-state index contributed by atoms with van der Waals surface area (Å²) >= 11 is 0. The third kappa shape index (κ3) is 4.72. The molecule has 2 atom stereocenters. The van der Waals surface area contributed by atoms with E-state index in [4.69, 9.17) is 10.5 Å². The van der Waals surface area contributed by atoms with Crippen LogP contribution in [-0.4, -0.2) is 65.0 Å². The number of aliphatic hydroxyl groups excluding tert-OH is 2. The van der Waals surface area contributed by atoms with Gasteiger partial charge in [-0.1, -0.05) is 12.1 Å². The first-order valence-electron chi connectivity index (χ1n) is 9.59. The summed E-state index contributed by atoms with van der Waals surface area (Å²) in [6, 6.07) is 9.26. The zero-order valence-electron chi connectivity index (χ0n) is 16.1. The highest BCUT2D eigenvalue weighted by Gasteiger charge is 2.44. The van der Waals surface area contributed by atoms with Gasteiger partial charge in [-0.25, -0.2) is 9.37 Å². The number of nitrogens with zero attached hydrogens (tertiary/aromatic N) is 2. The fourth-order valence-electron chi connectivity index (χ4n) is 3.70. The van der Waals surface area contributed by atoms with E-state index in [1.165, 1.54) is 18.3 Å². The molecule has 1 aromatic heterocycles. The zero-order chi connectivity index (χ0) is 20.9.